The number of nitrogens with two attached hydrogens (primary N) is 1. The van der Waals surface area contributed by atoms with Gasteiger partial charge in [-0.15, -0.1) is 0 Å². The molecule has 2 aromatic carbocycles. The Morgan fingerprint density at radius 1 is 1.00 bits per heavy atom. The van der Waals surface area contributed by atoms with E-state index in [1.54, 1.807) is 12.1 Å². The first-order chi connectivity index (χ1) is 11.4. The molecular formula is C17H12BrFN2O2S. The highest BCUT2D eigenvalue weighted by Gasteiger charge is 2.16. The minimum atomic E-state index is -3.93. The number of sulfonamides is 1. The smallest absolute Gasteiger partial charge is 0.238 e. The standard InChI is InChI=1S/C17H12BrFN2O2S/c18-12-5-3-11(4-6-12)14-2-1-9-21-17(14)15-10-13(24(20,22)23)7-8-16(15)19/h1-10H,(H2,20,22,23). The van der Waals surface area contributed by atoms with Crippen molar-refractivity contribution in [3.05, 3.63) is 71.1 Å². The summed E-state index contributed by atoms with van der Waals surface area (Å²) < 4.78 is 38.3. The number of hydrogen-bond donors (Lipinski definition) is 1. The molecule has 0 amide bonds. The maximum atomic E-state index is 14.3. The summed E-state index contributed by atoms with van der Waals surface area (Å²) >= 11 is 3.37. The van der Waals surface area contributed by atoms with Crippen molar-refractivity contribution >= 4 is 26.0 Å². The van der Waals surface area contributed by atoms with E-state index in [9.17, 15) is 12.8 Å². The Bertz CT molecular complexity index is 1010. The Morgan fingerprint density at radius 3 is 2.38 bits per heavy atom. The highest BCUT2D eigenvalue weighted by molar-refractivity contribution is 9.10. The lowest BCUT2D eigenvalue weighted by atomic mass is 9.99. The normalized spacial score (nSPS) is 11.5. The minimum Gasteiger partial charge on any atom is -0.255 e. The van der Waals surface area contributed by atoms with Gasteiger partial charge in [0.2, 0.25) is 10.0 Å². The van der Waals surface area contributed by atoms with Crippen molar-refractivity contribution < 1.29 is 12.8 Å². The van der Waals surface area contributed by atoms with Crippen LogP contribution < -0.4 is 5.14 Å². The summed E-state index contributed by atoms with van der Waals surface area (Å²) in [6.45, 7) is 0. The molecule has 0 atom stereocenters. The molecule has 0 saturated heterocycles. The van der Waals surface area contributed by atoms with Gasteiger partial charge >= 0.3 is 0 Å². The Labute approximate surface area is 147 Å². The van der Waals surface area contributed by atoms with Crippen LogP contribution in [0.4, 0.5) is 4.39 Å². The zero-order valence-electron chi connectivity index (χ0n) is 12.3. The van der Waals surface area contributed by atoms with Gasteiger partial charge in [0, 0.05) is 21.8 Å². The Morgan fingerprint density at radius 2 is 1.71 bits per heavy atom. The lowest BCUT2D eigenvalue weighted by Gasteiger charge is -2.11. The topological polar surface area (TPSA) is 73.1 Å². The van der Waals surface area contributed by atoms with E-state index >= 15 is 0 Å². The number of primary sulfonamides is 1. The molecule has 0 aliphatic carbocycles. The van der Waals surface area contributed by atoms with Crippen molar-refractivity contribution in [2.24, 2.45) is 5.14 Å². The third kappa shape index (κ3) is 3.38. The molecule has 24 heavy (non-hydrogen) atoms. The van der Waals surface area contributed by atoms with Gasteiger partial charge in [0.1, 0.15) is 5.82 Å². The number of halogens is 2. The van der Waals surface area contributed by atoms with Crippen LogP contribution in [0.25, 0.3) is 22.4 Å². The predicted molar refractivity (Wildman–Crippen MR) is 94.1 cm³/mol. The van der Waals surface area contributed by atoms with E-state index in [4.69, 9.17) is 5.14 Å². The minimum absolute atomic E-state index is 0.0834. The summed E-state index contributed by atoms with van der Waals surface area (Å²) in [7, 11) is -3.93. The van der Waals surface area contributed by atoms with Crippen molar-refractivity contribution in [3.8, 4) is 22.4 Å². The van der Waals surface area contributed by atoms with Gasteiger partial charge in [-0.3, -0.25) is 4.98 Å². The van der Waals surface area contributed by atoms with E-state index in [0.29, 0.717) is 11.3 Å². The summed E-state index contributed by atoms with van der Waals surface area (Å²) in [4.78, 5) is 4.08. The van der Waals surface area contributed by atoms with Gasteiger partial charge in [0.25, 0.3) is 0 Å². The fourth-order valence-electron chi connectivity index (χ4n) is 2.35. The van der Waals surface area contributed by atoms with Crippen molar-refractivity contribution in [2.45, 2.75) is 4.90 Å². The van der Waals surface area contributed by atoms with Crippen LogP contribution in [0.5, 0.6) is 0 Å². The van der Waals surface area contributed by atoms with Gasteiger partial charge in [-0.25, -0.2) is 17.9 Å². The molecule has 0 unspecified atom stereocenters. The van der Waals surface area contributed by atoms with Crippen LogP contribution >= 0.6 is 15.9 Å². The van der Waals surface area contributed by atoms with Crippen LogP contribution in [0.1, 0.15) is 0 Å². The zero-order chi connectivity index (χ0) is 17.3. The molecule has 0 aliphatic heterocycles. The first-order valence-electron chi connectivity index (χ1n) is 6.90. The van der Waals surface area contributed by atoms with Gasteiger partial charge in [0.05, 0.1) is 10.6 Å². The highest BCUT2D eigenvalue weighted by Crippen LogP contribution is 2.33. The highest BCUT2D eigenvalue weighted by atomic mass is 79.9. The molecule has 0 fully saturated rings. The number of benzene rings is 2. The monoisotopic (exact) mass is 406 g/mol. The first-order valence-corrected chi connectivity index (χ1v) is 9.24. The van der Waals surface area contributed by atoms with E-state index in [0.717, 1.165) is 22.2 Å². The number of pyridine rings is 1. The first kappa shape index (κ1) is 16.8. The third-order valence-electron chi connectivity index (χ3n) is 3.48. The molecule has 0 bridgehead atoms. The van der Waals surface area contributed by atoms with Gasteiger partial charge in [-0.2, -0.15) is 0 Å². The predicted octanol–water partition coefficient (Wildman–Crippen LogP) is 3.96. The largest absolute Gasteiger partial charge is 0.255 e. The summed E-state index contributed by atoms with van der Waals surface area (Å²) in [5, 5.41) is 5.14. The molecule has 1 aromatic heterocycles. The number of hydrogen-bond acceptors (Lipinski definition) is 3. The van der Waals surface area contributed by atoms with Crippen molar-refractivity contribution in [3.63, 3.8) is 0 Å². The van der Waals surface area contributed by atoms with Gasteiger partial charge in [-0.05, 0) is 42.0 Å². The molecule has 0 aliphatic rings. The number of nitrogens with zero attached hydrogens (tertiary/aromatic N) is 1. The van der Waals surface area contributed by atoms with Crippen LogP contribution in [-0.4, -0.2) is 13.4 Å². The Balaban J connectivity index is 2.23. The van der Waals surface area contributed by atoms with Crippen LogP contribution in [0.2, 0.25) is 0 Å². The van der Waals surface area contributed by atoms with Crippen molar-refractivity contribution in [2.75, 3.05) is 0 Å². The second kappa shape index (κ2) is 6.43. The molecule has 3 aromatic rings. The molecule has 0 spiro atoms. The molecular weight excluding hydrogens is 395 g/mol. The molecule has 0 saturated carbocycles. The summed E-state index contributed by atoms with van der Waals surface area (Å²) in [5.74, 6) is -0.570. The van der Waals surface area contributed by atoms with Gasteiger partial charge in [-0.1, -0.05) is 34.1 Å². The lowest BCUT2D eigenvalue weighted by molar-refractivity contribution is 0.596. The average Bonchev–Trinajstić information content (AvgIpc) is 2.55. The molecule has 1 heterocycles. The lowest BCUT2D eigenvalue weighted by Crippen LogP contribution is -2.12. The SMILES string of the molecule is NS(=O)(=O)c1ccc(F)c(-c2ncccc2-c2ccc(Br)cc2)c1. The fourth-order valence-corrected chi connectivity index (χ4v) is 3.15. The summed E-state index contributed by atoms with van der Waals surface area (Å²) in [6, 6.07) is 14.4. The van der Waals surface area contributed by atoms with Crippen LogP contribution in [0.3, 0.4) is 0 Å². The van der Waals surface area contributed by atoms with Gasteiger partial charge in [0.15, 0.2) is 0 Å². The second-order valence-electron chi connectivity index (χ2n) is 5.09. The molecule has 4 nitrogen and oxygen atoms in total. The molecule has 7 heteroatoms. The Hall–Kier alpha value is -2.09. The quantitative estimate of drug-likeness (QED) is 0.714. The maximum absolute atomic E-state index is 14.3. The fraction of sp³-hybridized carbons (Fsp3) is 0. The zero-order valence-corrected chi connectivity index (χ0v) is 14.7. The molecule has 122 valence electrons. The van der Waals surface area contributed by atoms with E-state index in [2.05, 4.69) is 20.9 Å². The molecule has 3 rings (SSSR count). The van der Waals surface area contributed by atoms with E-state index < -0.39 is 15.8 Å². The third-order valence-corrected chi connectivity index (χ3v) is 4.92. The van der Waals surface area contributed by atoms with Crippen LogP contribution in [-0.2, 0) is 10.0 Å². The summed E-state index contributed by atoms with van der Waals surface area (Å²) in [5.41, 5.74) is 1.96. The number of rotatable bonds is 3. The van der Waals surface area contributed by atoms with Gasteiger partial charge < -0.3 is 0 Å². The summed E-state index contributed by atoms with van der Waals surface area (Å²) in [6.07, 6.45) is 1.53. The van der Waals surface area contributed by atoms with Crippen LogP contribution in [0, 0.1) is 5.82 Å². The second-order valence-corrected chi connectivity index (χ2v) is 7.57. The van der Waals surface area contributed by atoms with Crippen LogP contribution in [0.15, 0.2) is 70.2 Å². The Kier molecular flexibility index (Phi) is 4.49. The van der Waals surface area contributed by atoms with Crippen molar-refractivity contribution in [1.82, 2.24) is 4.98 Å². The molecule has 2 N–H and O–H groups in total. The average molecular weight is 407 g/mol. The molecule has 0 radical (unpaired) electrons. The van der Waals surface area contributed by atoms with E-state index in [-0.39, 0.29) is 10.5 Å². The van der Waals surface area contributed by atoms with E-state index in [1.807, 2.05) is 24.3 Å². The van der Waals surface area contributed by atoms with Crippen molar-refractivity contribution in [1.29, 1.82) is 0 Å². The maximum Gasteiger partial charge on any atom is 0.238 e. The number of aromatic nitrogens is 1. The van der Waals surface area contributed by atoms with E-state index in [1.165, 1.54) is 12.3 Å².